The number of carbonyl (C=O) groups is 1. The number of hydrogen-bond donors (Lipinski definition) is 0. The molecule has 1 unspecified atom stereocenters. The monoisotopic (exact) mass is 335 g/mol. The Kier molecular flexibility index (Phi) is 4.06. The van der Waals surface area contributed by atoms with Gasteiger partial charge in [0.05, 0.1) is 6.04 Å². The molecular weight excluding hydrogens is 317 g/mol. The molecule has 2 amide bonds. The van der Waals surface area contributed by atoms with Gasteiger partial charge in [-0.3, -0.25) is 0 Å². The Morgan fingerprint density at radius 1 is 1.08 bits per heavy atom. The number of rotatable bonds is 2. The van der Waals surface area contributed by atoms with Crippen LogP contribution in [0.4, 0.5) is 9.18 Å². The van der Waals surface area contributed by atoms with Crippen molar-refractivity contribution in [1.82, 2.24) is 9.91 Å². The van der Waals surface area contributed by atoms with Crippen LogP contribution in [0.1, 0.15) is 23.6 Å². The molecule has 0 bridgehead atoms. The van der Waals surface area contributed by atoms with E-state index in [1.165, 1.54) is 12.1 Å². The molecule has 0 spiro atoms. The SMILES string of the molecule is O=C(N1CC(=Cc2ccc(F)cc2)C1)N1N=CCC1c1ccccc1. The zero-order chi connectivity index (χ0) is 17.2. The molecular formula is C20H18FN3O. The van der Waals surface area contributed by atoms with Gasteiger partial charge in [-0.2, -0.15) is 5.10 Å². The number of nitrogens with zero attached hydrogens (tertiary/aromatic N) is 3. The standard InChI is InChI=1S/C20H18FN3O/c21-18-8-6-15(7-9-18)12-16-13-23(14-16)20(25)24-19(10-11-22-24)17-4-2-1-3-5-17/h1-9,11-12,19H,10,13-14H2. The van der Waals surface area contributed by atoms with Gasteiger partial charge in [0.2, 0.25) is 0 Å². The zero-order valence-electron chi connectivity index (χ0n) is 13.7. The summed E-state index contributed by atoms with van der Waals surface area (Å²) in [6.45, 7) is 1.17. The average Bonchev–Trinajstić information content (AvgIpc) is 3.09. The van der Waals surface area contributed by atoms with Gasteiger partial charge in [-0.25, -0.2) is 14.2 Å². The largest absolute Gasteiger partial charge is 0.341 e. The Labute approximate surface area is 145 Å². The van der Waals surface area contributed by atoms with Crippen LogP contribution < -0.4 is 0 Å². The first-order valence-electron chi connectivity index (χ1n) is 8.31. The van der Waals surface area contributed by atoms with Gasteiger partial charge in [-0.05, 0) is 28.8 Å². The second-order valence-corrected chi connectivity index (χ2v) is 6.30. The topological polar surface area (TPSA) is 35.9 Å². The van der Waals surface area contributed by atoms with Gasteiger partial charge >= 0.3 is 6.03 Å². The molecule has 2 aromatic rings. The smallest absolute Gasteiger partial charge is 0.315 e. The van der Waals surface area contributed by atoms with Crippen molar-refractivity contribution in [3.8, 4) is 0 Å². The molecule has 0 N–H and O–H groups in total. The Morgan fingerprint density at radius 2 is 1.80 bits per heavy atom. The Bertz CT molecular complexity index is 822. The van der Waals surface area contributed by atoms with E-state index in [1.54, 1.807) is 28.3 Å². The molecule has 0 aromatic heterocycles. The third kappa shape index (κ3) is 3.18. The molecule has 2 aromatic carbocycles. The third-order valence-electron chi connectivity index (χ3n) is 4.51. The molecule has 1 fully saturated rings. The van der Waals surface area contributed by atoms with Gasteiger partial charge in [-0.1, -0.05) is 48.5 Å². The van der Waals surface area contributed by atoms with Crippen molar-refractivity contribution >= 4 is 18.3 Å². The maximum Gasteiger partial charge on any atom is 0.341 e. The highest BCUT2D eigenvalue weighted by Gasteiger charge is 2.35. The molecule has 0 aliphatic carbocycles. The fourth-order valence-electron chi connectivity index (χ4n) is 3.16. The third-order valence-corrected chi connectivity index (χ3v) is 4.51. The van der Waals surface area contributed by atoms with Gasteiger partial charge in [0.1, 0.15) is 5.82 Å². The predicted octanol–water partition coefficient (Wildman–Crippen LogP) is 4.08. The van der Waals surface area contributed by atoms with Crippen LogP contribution in [0.15, 0.2) is 65.3 Å². The van der Waals surface area contributed by atoms with Crippen molar-refractivity contribution in [3.63, 3.8) is 0 Å². The van der Waals surface area contributed by atoms with Crippen LogP contribution in [-0.4, -0.2) is 35.2 Å². The molecule has 25 heavy (non-hydrogen) atoms. The van der Waals surface area contributed by atoms with E-state index in [1.807, 2.05) is 36.4 Å². The molecule has 126 valence electrons. The number of hydrogen-bond acceptors (Lipinski definition) is 2. The summed E-state index contributed by atoms with van der Waals surface area (Å²) < 4.78 is 12.9. The average molecular weight is 335 g/mol. The summed E-state index contributed by atoms with van der Waals surface area (Å²) in [5, 5.41) is 5.84. The summed E-state index contributed by atoms with van der Waals surface area (Å²) in [4.78, 5) is 14.5. The van der Waals surface area contributed by atoms with Gasteiger partial charge in [0.25, 0.3) is 0 Å². The first-order chi connectivity index (χ1) is 12.2. The number of carbonyl (C=O) groups excluding carboxylic acids is 1. The normalized spacial score (nSPS) is 19.1. The van der Waals surface area contributed by atoms with Crippen molar-refractivity contribution in [3.05, 3.63) is 77.1 Å². The predicted molar refractivity (Wildman–Crippen MR) is 95.5 cm³/mol. The van der Waals surface area contributed by atoms with Gasteiger partial charge in [0, 0.05) is 25.7 Å². The van der Waals surface area contributed by atoms with Crippen molar-refractivity contribution in [2.24, 2.45) is 5.10 Å². The first-order valence-corrected chi connectivity index (χ1v) is 8.31. The van der Waals surface area contributed by atoms with Crippen LogP contribution in [0, 0.1) is 5.82 Å². The lowest BCUT2D eigenvalue weighted by atomic mass is 10.0. The minimum Gasteiger partial charge on any atom is -0.315 e. The quantitative estimate of drug-likeness (QED) is 0.815. The summed E-state index contributed by atoms with van der Waals surface area (Å²) in [5.41, 5.74) is 3.19. The minimum absolute atomic E-state index is 0.0289. The summed E-state index contributed by atoms with van der Waals surface area (Å²) in [6.07, 6.45) is 4.54. The van der Waals surface area contributed by atoms with Crippen LogP contribution in [0.25, 0.3) is 6.08 Å². The van der Waals surface area contributed by atoms with E-state index in [2.05, 4.69) is 5.10 Å². The van der Waals surface area contributed by atoms with Gasteiger partial charge < -0.3 is 4.90 Å². The van der Waals surface area contributed by atoms with E-state index in [-0.39, 0.29) is 17.9 Å². The Hall–Kier alpha value is -2.95. The number of likely N-dealkylation sites (tertiary alicyclic amines) is 1. The molecule has 2 heterocycles. The first kappa shape index (κ1) is 15.6. The van der Waals surface area contributed by atoms with E-state index in [0.717, 1.165) is 23.1 Å². The number of amides is 2. The highest BCUT2D eigenvalue weighted by molar-refractivity contribution is 5.80. The summed E-state index contributed by atoms with van der Waals surface area (Å²) in [7, 11) is 0. The van der Waals surface area contributed by atoms with Crippen molar-refractivity contribution in [2.75, 3.05) is 13.1 Å². The molecule has 1 atom stereocenters. The van der Waals surface area contributed by atoms with Crippen LogP contribution in [-0.2, 0) is 0 Å². The van der Waals surface area contributed by atoms with Crippen molar-refractivity contribution in [1.29, 1.82) is 0 Å². The highest BCUT2D eigenvalue weighted by atomic mass is 19.1. The molecule has 2 aliphatic heterocycles. The number of halogens is 1. The summed E-state index contributed by atoms with van der Waals surface area (Å²) >= 11 is 0. The summed E-state index contributed by atoms with van der Waals surface area (Å²) in [5.74, 6) is -0.244. The van der Waals surface area contributed by atoms with E-state index in [4.69, 9.17) is 0 Å². The second kappa shape index (κ2) is 6.51. The molecule has 4 nitrogen and oxygen atoms in total. The molecule has 5 heteroatoms. The fourth-order valence-corrected chi connectivity index (χ4v) is 3.16. The van der Waals surface area contributed by atoms with Gasteiger partial charge in [-0.15, -0.1) is 0 Å². The maximum atomic E-state index is 12.9. The number of hydrazone groups is 1. The van der Waals surface area contributed by atoms with Crippen LogP contribution in [0.2, 0.25) is 0 Å². The molecule has 1 saturated heterocycles. The van der Waals surface area contributed by atoms with Crippen LogP contribution in [0.5, 0.6) is 0 Å². The van der Waals surface area contributed by atoms with E-state index in [0.29, 0.717) is 13.1 Å². The molecule has 0 saturated carbocycles. The fraction of sp³-hybridized carbons (Fsp3) is 0.200. The summed E-state index contributed by atoms with van der Waals surface area (Å²) in [6, 6.07) is 16.2. The minimum atomic E-state index is -0.244. The van der Waals surface area contributed by atoms with Gasteiger partial charge in [0.15, 0.2) is 0 Å². The zero-order valence-corrected chi connectivity index (χ0v) is 13.7. The lowest BCUT2D eigenvalue weighted by Gasteiger charge is -2.37. The molecule has 4 rings (SSSR count). The van der Waals surface area contributed by atoms with Crippen molar-refractivity contribution < 1.29 is 9.18 Å². The van der Waals surface area contributed by atoms with E-state index in [9.17, 15) is 9.18 Å². The maximum absolute atomic E-state index is 12.9. The number of urea groups is 1. The highest BCUT2D eigenvalue weighted by Crippen LogP contribution is 2.30. The second-order valence-electron chi connectivity index (χ2n) is 6.30. The van der Waals surface area contributed by atoms with E-state index >= 15 is 0 Å². The van der Waals surface area contributed by atoms with E-state index < -0.39 is 0 Å². The Balaban J connectivity index is 1.41. The molecule has 2 aliphatic rings. The van der Waals surface area contributed by atoms with Crippen molar-refractivity contribution in [2.45, 2.75) is 12.5 Å². The molecule has 0 radical (unpaired) electrons. The Morgan fingerprint density at radius 3 is 2.52 bits per heavy atom. The lowest BCUT2D eigenvalue weighted by molar-refractivity contribution is 0.136. The lowest BCUT2D eigenvalue weighted by Crippen LogP contribution is -2.49. The van der Waals surface area contributed by atoms with Crippen LogP contribution >= 0.6 is 0 Å². The van der Waals surface area contributed by atoms with Crippen LogP contribution in [0.3, 0.4) is 0 Å². The number of benzene rings is 2.